The zero-order chi connectivity index (χ0) is 24.4. The minimum Gasteiger partial charge on any atom is -0.508 e. The van der Waals surface area contributed by atoms with Crippen LogP contribution in [-0.4, -0.2) is 38.3 Å². The fourth-order valence-corrected chi connectivity index (χ4v) is 4.79. The number of hydrogen-bond acceptors (Lipinski definition) is 4. The van der Waals surface area contributed by atoms with Crippen molar-refractivity contribution >= 4 is 22.6 Å². The standard InChI is InChI=1S/C29H26N2O4/c32-22-13-11-20(12-14-22)27-26(25(33)15-10-19-6-2-1-3-7-19)28(34)29(35)31(27)17-16-21-18-30-24-9-5-4-8-23(21)24/h1-9,11-14,18,27,30,32,34H,10,15-17H2. The third kappa shape index (κ3) is 4.43. The molecule has 1 aliphatic rings. The van der Waals surface area contributed by atoms with Crippen molar-refractivity contribution in [2.45, 2.75) is 25.3 Å². The van der Waals surface area contributed by atoms with Crippen LogP contribution in [0.2, 0.25) is 0 Å². The monoisotopic (exact) mass is 466 g/mol. The average molecular weight is 467 g/mol. The minimum absolute atomic E-state index is 0.0913. The number of carbonyl (C=O) groups is 2. The summed E-state index contributed by atoms with van der Waals surface area (Å²) >= 11 is 0. The molecule has 5 rings (SSSR count). The lowest BCUT2D eigenvalue weighted by molar-refractivity contribution is -0.129. The predicted molar refractivity (Wildman–Crippen MR) is 134 cm³/mol. The lowest BCUT2D eigenvalue weighted by atomic mass is 9.93. The number of benzene rings is 3. The molecule has 1 amide bonds. The minimum atomic E-state index is -0.712. The van der Waals surface area contributed by atoms with E-state index in [1.54, 1.807) is 17.0 Å². The first-order chi connectivity index (χ1) is 17.0. The number of aromatic nitrogens is 1. The smallest absolute Gasteiger partial charge is 0.290 e. The number of aromatic hydroxyl groups is 1. The molecule has 1 atom stereocenters. The molecule has 1 aromatic heterocycles. The topological polar surface area (TPSA) is 93.6 Å². The molecule has 1 unspecified atom stereocenters. The van der Waals surface area contributed by atoms with Gasteiger partial charge in [-0.15, -0.1) is 0 Å². The number of aliphatic hydroxyl groups is 1. The highest BCUT2D eigenvalue weighted by Crippen LogP contribution is 2.39. The van der Waals surface area contributed by atoms with Crippen LogP contribution in [-0.2, 0) is 22.4 Å². The fourth-order valence-electron chi connectivity index (χ4n) is 4.79. The number of nitrogens with zero attached hydrogens (tertiary/aromatic N) is 1. The Bertz CT molecular complexity index is 1400. The van der Waals surface area contributed by atoms with E-state index >= 15 is 0 Å². The summed E-state index contributed by atoms with van der Waals surface area (Å²) in [6, 6.07) is 23.3. The first kappa shape index (κ1) is 22.5. The number of nitrogens with one attached hydrogen (secondary N) is 1. The molecule has 4 aromatic rings. The van der Waals surface area contributed by atoms with Crippen LogP contribution in [0.25, 0.3) is 10.9 Å². The van der Waals surface area contributed by atoms with Crippen LogP contribution in [0.15, 0.2) is 96.4 Å². The molecule has 3 aromatic carbocycles. The Labute approximate surface area is 203 Å². The quantitative estimate of drug-likeness (QED) is 0.340. The summed E-state index contributed by atoms with van der Waals surface area (Å²) in [6.45, 7) is 0.325. The second-order valence-electron chi connectivity index (χ2n) is 8.77. The summed E-state index contributed by atoms with van der Waals surface area (Å²) in [7, 11) is 0. The van der Waals surface area contributed by atoms with Crippen molar-refractivity contribution in [2.75, 3.05) is 6.54 Å². The molecule has 0 spiro atoms. The van der Waals surface area contributed by atoms with Crippen molar-refractivity contribution in [1.29, 1.82) is 0 Å². The highest BCUT2D eigenvalue weighted by atomic mass is 16.3. The van der Waals surface area contributed by atoms with Gasteiger partial charge in [-0.1, -0.05) is 60.7 Å². The second-order valence-corrected chi connectivity index (χ2v) is 8.77. The number of rotatable bonds is 8. The number of Topliss-reactive ketones (excluding diaryl/α,β-unsaturated/α-hetero) is 1. The highest BCUT2D eigenvalue weighted by molar-refractivity contribution is 6.09. The number of para-hydroxylation sites is 1. The van der Waals surface area contributed by atoms with E-state index in [1.807, 2.05) is 60.8 Å². The molecule has 0 aliphatic carbocycles. The van der Waals surface area contributed by atoms with Gasteiger partial charge in [0.1, 0.15) is 5.75 Å². The molecule has 1 aliphatic heterocycles. The number of ketones is 1. The first-order valence-corrected chi connectivity index (χ1v) is 11.7. The Morgan fingerprint density at radius 3 is 2.37 bits per heavy atom. The average Bonchev–Trinajstić information content (AvgIpc) is 3.41. The number of carbonyl (C=O) groups excluding carboxylic acids is 2. The molecular weight excluding hydrogens is 440 g/mol. The van der Waals surface area contributed by atoms with Crippen molar-refractivity contribution in [2.24, 2.45) is 0 Å². The predicted octanol–water partition coefficient (Wildman–Crippen LogP) is 5.01. The van der Waals surface area contributed by atoms with Crippen LogP contribution in [0.5, 0.6) is 5.75 Å². The number of amides is 1. The van der Waals surface area contributed by atoms with Gasteiger partial charge in [0.2, 0.25) is 0 Å². The molecule has 0 bridgehead atoms. The maximum Gasteiger partial charge on any atom is 0.290 e. The molecule has 0 fully saturated rings. The van der Waals surface area contributed by atoms with Crippen molar-refractivity contribution in [1.82, 2.24) is 9.88 Å². The first-order valence-electron chi connectivity index (χ1n) is 11.7. The molecule has 0 saturated carbocycles. The Kier molecular flexibility index (Phi) is 6.10. The van der Waals surface area contributed by atoms with Crippen LogP contribution in [0.4, 0.5) is 0 Å². The van der Waals surface area contributed by atoms with Gasteiger partial charge in [-0.05, 0) is 47.7 Å². The van der Waals surface area contributed by atoms with Crippen molar-refractivity contribution in [3.63, 3.8) is 0 Å². The van der Waals surface area contributed by atoms with Gasteiger partial charge in [-0.2, -0.15) is 0 Å². The van der Waals surface area contributed by atoms with Crippen LogP contribution in [0, 0.1) is 0 Å². The molecule has 176 valence electrons. The number of phenols is 1. The molecule has 35 heavy (non-hydrogen) atoms. The number of aliphatic hydroxyl groups excluding tert-OH is 1. The Morgan fingerprint density at radius 2 is 1.60 bits per heavy atom. The van der Waals surface area contributed by atoms with E-state index in [4.69, 9.17) is 0 Å². The van der Waals surface area contributed by atoms with E-state index in [0.29, 0.717) is 24.9 Å². The van der Waals surface area contributed by atoms with Crippen LogP contribution >= 0.6 is 0 Å². The van der Waals surface area contributed by atoms with E-state index in [-0.39, 0.29) is 23.5 Å². The van der Waals surface area contributed by atoms with Gasteiger partial charge in [0.25, 0.3) is 5.91 Å². The van der Waals surface area contributed by atoms with Crippen molar-refractivity contribution in [3.8, 4) is 5.75 Å². The Balaban J connectivity index is 1.43. The van der Waals surface area contributed by atoms with Crippen molar-refractivity contribution in [3.05, 3.63) is 113 Å². The van der Waals surface area contributed by atoms with Gasteiger partial charge in [-0.25, -0.2) is 0 Å². The zero-order valence-corrected chi connectivity index (χ0v) is 19.1. The molecular formula is C29H26N2O4. The van der Waals surface area contributed by atoms with Crippen LogP contribution < -0.4 is 0 Å². The number of H-pyrrole nitrogens is 1. The summed E-state index contributed by atoms with van der Waals surface area (Å²) in [4.78, 5) is 31.3. The molecule has 6 heteroatoms. The number of phenolic OH excluding ortho intramolecular Hbond substituents is 1. The van der Waals surface area contributed by atoms with Crippen molar-refractivity contribution < 1.29 is 19.8 Å². The third-order valence-electron chi connectivity index (χ3n) is 6.59. The fraction of sp³-hybridized carbons (Fsp3) is 0.172. The lowest BCUT2D eigenvalue weighted by Crippen LogP contribution is -2.33. The van der Waals surface area contributed by atoms with Gasteiger partial charge in [0.15, 0.2) is 11.5 Å². The van der Waals surface area contributed by atoms with Gasteiger partial charge < -0.3 is 20.1 Å². The van der Waals surface area contributed by atoms with E-state index in [9.17, 15) is 19.8 Å². The number of aromatic amines is 1. The summed E-state index contributed by atoms with van der Waals surface area (Å²) < 4.78 is 0. The molecule has 2 heterocycles. The zero-order valence-electron chi connectivity index (χ0n) is 19.1. The van der Waals surface area contributed by atoms with E-state index < -0.39 is 17.7 Å². The van der Waals surface area contributed by atoms with Gasteiger partial charge in [-0.3, -0.25) is 9.59 Å². The van der Waals surface area contributed by atoms with E-state index in [2.05, 4.69) is 4.98 Å². The molecule has 0 radical (unpaired) electrons. The molecule has 0 saturated heterocycles. The second kappa shape index (κ2) is 9.50. The van der Waals surface area contributed by atoms with Gasteiger partial charge in [0.05, 0.1) is 11.6 Å². The number of aryl methyl sites for hydroxylation is 1. The highest BCUT2D eigenvalue weighted by Gasteiger charge is 2.43. The maximum atomic E-state index is 13.3. The van der Waals surface area contributed by atoms with E-state index in [0.717, 1.165) is 22.0 Å². The summed E-state index contributed by atoms with van der Waals surface area (Å²) in [5.74, 6) is -1.20. The summed E-state index contributed by atoms with van der Waals surface area (Å²) in [6.07, 6.45) is 3.19. The van der Waals surface area contributed by atoms with Crippen LogP contribution in [0.1, 0.15) is 29.2 Å². The molecule has 3 N–H and O–H groups in total. The molecule has 6 nitrogen and oxygen atoms in total. The number of fused-ring (bicyclic) bond motifs is 1. The third-order valence-corrected chi connectivity index (χ3v) is 6.59. The largest absolute Gasteiger partial charge is 0.508 e. The van der Waals surface area contributed by atoms with Gasteiger partial charge >= 0.3 is 0 Å². The lowest BCUT2D eigenvalue weighted by Gasteiger charge is -2.27. The van der Waals surface area contributed by atoms with E-state index in [1.165, 1.54) is 12.1 Å². The summed E-state index contributed by atoms with van der Waals surface area (Å²) in [5.41, 5.74) is 3.88. The van der Waals surface area contributed by atoms with Crippen LogP contribution in [0.3, 0.4) is 0 Å². The normalized spacial score (nSPS) is 15.8. The summed E-state index contributed by atoms with van der Waals surface area (Å²) in [5, 5.41) is 21.7. The maximum absolute atomic E-state index is 13.3. The van der Waals surface area contributed by atoms with Gasteiger partial charge in [0, 0.05) is 30.1 Å². The Hall–Kier alpha value is -4.32. The Morgan fingerprint density at radius 1 is 0.886 bits per heavy atom. The SMILES string of the molecule is O=C(CCc1ccccc1)C1=C(O)C(=O)N(CCc2c[nH]c3ccccc23)C1c1ccc(O)cc1. The number of hydrogen-bond donors (Lipinski definition) is 3.